The Balaban J connectivity index is 1.93. The van der Waals surface area contributed by atoms with Crippen LogP contribution in [0.15, 0.2) is 24.3 Å². The summed E-state index contributed by atoms with van der Waals surface area (Å²) in [5.74, 6) is 0. The van der Waals surface area contributed by atoms with Gasteiger partial charge in [0.25, 0.3) is 0 Å². The molecule has 2 aromatic rings. The van der Waals surface area contributed by atoms with Crippen molar-refractivity contribution in [2.24, 2.45) is 0 Å². The van der Waals surface area contributed by atoms with E-state index < -0.39 is 0 Å². The minimum Gasteiger partial charge on any atom is -0.379 e. The fraction of sp³-hybridized carbons (Fsp3) is 0.467. The quantitative estimate of drug-likeness (QED) is 0.858. The van der Waals surface area contributed by atoms with Crippen molar-refractivity contribution >= 4 is 22.5 Å². The highest BCUT2D eigenvalue weighted by Crippen LogP contribution is 2.24. The third-order valence-electron chi connectivity index (χ3n) is 3.75. The second-order valence-corrected chi connectivity index (χ2v) is 5.41. The van der Waals surface area contributed by atoms with Crippen LogP contribution in [-0.4, -0.2) is 35.8 Å². The molecule has 1 fully saturated rings. The Morgan fingerprint density at radius 3 is 2.74 bits per heavy atom. The minimum absolute atomic E-state index is 0.804. The van der Waals surface area contributed by atoms with Crippen LogP contribution < -0.4 is 0 Å². The van der Waals surface area contributed by atoms with E-state index in [1.54, 1.807) is 0 Å². The summed E-state index contributed by atoms with van der Waals surface area (Å²) in [7, 11) is 0. The Bertz CT molecular complexity index is 573. The molecule has 19 heavy (non-hydrogen) atoms. The van der Waals surface area contributed by atoms with Crippen molar-refractivity contribution in [2.45, 2.75) is 20.0 Å². The molecule has 3 nitrogen and oxygen atoms in total. The first-order valence-corrected chi connectivity index (χ1v) is 7.23. The Kier molecular flexibility index (Phi) is 3.78. The Morgan fingerprint density at radius 1 is 1.21 bits per heavy atom. The summed E-state index contributed by atoms with van der Waals surface area (Å²) < 4.78 is 7.78. The first-order chi connectivity index (χ1) is 9.28. The molecule has 4 heteroatoms. The third-order valence-corrected chi connectivity index (χ3v) is 3.99. The maximum Gasteiger partial charge on any atom is 0.0594 e. The van der Waals surface area contributed by atoms with Crippen LogP contribution in [0.4, 0.5) is 0 Å². The van der Waals surface area contributed by atoms with Crippen molar-refractivity contribution in [3.05, 3.63) is 35.0 Å². The largest absolute Gasteiger partial charge is 0.379 e. The predicted molar refractivity (Wildman–Crippen MR) is 78.7 cm³/mol. The molecule has 0 aliphatic carbocycles. The molecule has 3 rings (SSSR count). The molecule has 102 valence electrons. The first kappa shape index (κ1) is 13.0. The van der Waals surface area contributed by atoms with E-state index >= 15 is 0 Å². The topological polar surface area (TPSA) is 17.4 Å². The number of halogens is 1. The molecule has 1 saturated heterocycles. The third kappa shape index (κ3) is 2.64. The van der Waals surface area contributed by atoms with Gasteiger partial charge in [0.1, 0.15) is 0 Å². The molecule has 2 heterocycles. The maximum absolute atomic E-state index is 6.08. The number of aromatic nitrogens is 1. The SMILES string of the molecule is CCn1c(CN2CCOCC2)cc2cc(Cl)ccc21. The first-order valence-electron chi connectivity index (χ1n) is 6.85. The van der Waals surface area contributed by atoms with Gasteiger partial charge >= 0.3 is 0 Å². The zero-order chi connectivity index (χ0) is 13.2. The van der Waals surface area contributed by atoms with Gasteiger partial charge in [0.05, 0.1) is 13.2 Å². The fourth-order valence-corrected chi connectivity index (χ4v) is 2.97. The van der Waals surface area contributed by atoms with Gasteiger partial charge in [0.15, 0.2) is 0 Å². The Labute approximate surface area is 118 Å². The van der Waals surface area contributed by atoms with E-state index in [2.05, 4.69) is 28.5 Å². The zero-order valence-corrected chi connectivity index (χ0v) is 12.0. The number of nitrogens with zero attached hydrogens (tertiary/aromatic N) is 2. The summed E-state index contributed by atoms with van der Waals surface area (Å²) in [6, 6.07) is 8.39. The number of benzene rings is 1. The minimum atomic E-state index is 0.804. The molecule has 0 bridgehead atoms. The summed E-state index contributed by atoms with van der Waals surface area (Å²) in [5, 5.41) is 2.04. The molecule has 1 aromatic heterocycles. The normalized spacial score (nSPS) is 17.2. The highest BCUT2D eigenvalue weighted by molar-refractivity contribution is 6.31. The van der Waals surface area contributed by atoms with Gasteiger partial charge in [-0.05, 0) is 31.2 Å². The number of rotatable bonds is 3. The summed E-state index contributed by atoms with van der Waals surface area (Å²) in [5.41, 5.74) is 2.64. The lowest BCUT2D eigenvalue weighted by Crippen LogP contribution is -2.36. The van der Waals surface area contributed by atoms with Gasteiger partial charge in [0, 0.05) is 47.8 Å². The number of hydrogen-bond acceptors (Lipinski definition) is 2. The number of ether oxygens (including phenoxy) is 1. The van der Waals surface area contributed by atoms with Crippen molar-refractivity contribution in [2.75, 3.05) is 26.3 Å². The van der Waals surface area contributed by atoms with Crippen LogP contribution in [0.3, 0.4) is 0 Å². The van der Waals surface area contributed by atoms with E-state index in [0.29, 0.717) is 0 Å². The van der Waals surface area contributed by atoms with Crippen molar-refractivity contribution in [3.8, 4) is 0 Å². The molecule has 1 aliphatic rings. The lowest BCUT2D eigenvalue weighted by atomic mass is 10.2. The molecule has 0 atom stereocenters. The van der Waals surface area contributed by atoms with Crippen LogP contribution in [0.25, 0.3) is 10.9 Å². The number of hydrogen-bond donors (Lipinski definition) is 0. The number of fused-ring (bicyclic) bond motifs is 1. The van der Waals surface area contributed by atoms with Gasteiger partial charge in [-0.2, -0.15) is 0 Å². The van der Waals surface area contributed by atoms with Crippen molar-refractivity contribution < 1.29 is 4.74 Å². The van der Waals surface area contributed by atoms with E-state index in [1.165, 1.54) is 16.6 Å². The molecule has 0 N–H and O–H groups in total. The highest BCUT2D eigenvalue weighted by Gasteiger charge is 2.14. The number of morpholine rings is 1. The summed E-state index contributed by atoms with van der Waals surface area (Å²) in [6.07, 6.45) is 0. The van der Waals surface area contributed by atoms with Gasteiger partial charge in [-0.1, -0.05) is 11.6 Å². The summed E-state index contributed by atoms with van der Waals surface area (Å²) in [4.78, 5) is 2.45. The predicted octanol–water partition coefficient (Wildman–Crippen LogP) is 3.15. The standard InChI is InChI=1S/C15H19ClN2O/c1-2-18-14(11-17-5-7-19-8-6-17)10-12-9-13(16)3-4-15(12)18/h3-4,9-10H,2,5-8,11H2,1H3. The monoisotopic (exact) mass is 278 g/mol. The second kappa shape index (κ2) is 5.53. The van der Waals surface area contributed by atoms with Crippen molar-refractivity contribution in [1.82, 2.24) is 9.47 Å². The van der Waals surface area contributed by atoms with E-state index in [1.807, 2.05) is 12.1 Å². The molecular weight excluding hydrogens is 260 g/mol. The van der Waals surface area contributed by atoms with E-state index in [4.69, 9.17) is 16.3 Å². The van der Waals surface area contributed by atoms with Crippen molar-refractivity contribution in [3.63, 3.8) is 0 Å². The van der Waals surface area contributed by atoms with Gasteiger partial charge in [-0.15, -0.1) is 0 Å². The maximum atomic E-state index is 6.08. The lowest BCUT2D eigenvalue weighted by molar-refractivity contribution is 0.0332. The van der Waals surface area contributed by atoms with Gasteiger partial charge < -0.3 is 9.30 Å². The zero-order valence-electron chi connectivity index (χ0n) is 11.2. The van der Waals surface area contributed by atoms with Crippen LogP contribution in [0.1, 0.15) is 12.6 Å². The van der Waals surface area contributed by atoms with Crippen LogP contribution in [0.2, 0.25) is 5.02 Å². The Hall–Kier alpha value is -1.03. The molecule has 0 radical (unpaired) electrons. The Morgan fingerprint density at radius 2 is 2.00 bits per heavy atom. The fourth-order valence-electron chi connectivity index (χ4n) is 2.79. The second-order valence-electron chi connectivity index (χ2n) is 4.97. The smallest absolute Gasteiger partial charge is 0.0594 e. The molecule has 0 amide bonds. The van der Waals surface area contributed by atoms with Crippen molar-refractivity contribution in [1.29, 1.82) is 0 Å². The molecule has 1 aliphatic heterocycles. The number of aryl methyl sites for hydroxylation is 1. The van der Waals surface area contributed by atoms with Gasteiger partial charge in [0.2, 0.25) is 0 Å². The molecule has 0 spiro atoms. The van der Waals surface area contributed by atoms with Gasteiger partial charge in [-0.25, -0.2) is 0 Å². The van der Waals surface area contributed by atoms with E-state index in [0.717, 1.165) is 44.4 Å². The van der Waals surface area contributed by atoms with E-state index in [9.17, 15) is 0 Å². The van der Waals surface area contributed by atoms with Crippen LogP contribution in [0, 0.1) is 0 Å². The summed E-state index contributed by atoms with van der Waals surface area (Å²) in [6.45, 7) is 7.90. The average Bonchev–Trinajstić information content (AvgIpc) is 2.76. The van der Waals surface area contributed by atoms with Gasteiger partial charge in [-0.3, -0.25) is 4.90 Å². The van der Waals surface area contributed by atoms with Crippen LogP contribution >= 0.6 is 11.6 Å². The molecular formula is C15H19ClN2O. The lowest BCUT2D eigenvalue weighted by Gasteiger charge is -2.26. The van der Waals surface area contributed by atoms with Crippen LogP contribution in [-0.2, 0) is 17.8 Å². The van der Waals surface area contributed by atoms with Crippen LogP contribution in [0.5, 0.6) is 0 Å². The molecule has 1 aromatic carbocycles. The summed E-state index contributed by atoms with van der Waals surface area (Å²) >= 11 is 6.08. The average molecular weight is 279 g/mol. The molecule has 0 unspecified atom stereocenters. The van der Waals surface area contributed by atoms with E-state index in [-0.39, 0.29) is 0 Å². The molecule has 0 saturated carbocycles. The highest BCUT2D eigenvalue weighted by atomic mass is 35.5.